The van der Waals surface area contributed by atoms with Gasteiger partial charge in [0.15, 0.2) is 5.96 Å². The van der Waals surface area contributed by atoms with Gasteiger partial charge < -0.3 is 15.4 Å². The number of carbonyl (C=O) groups is 1. The Labute approximate surface area is 160 Å². The quantitative estimate of drug-likeness (QED) is 0.184. The van der Waals surface area contributed by atoms with Gasteiger partial charge in [-0.2, -0.15) is 5.10 Å². The number of aryl methyl sites for hydroxylation is 1. The van der Waals surface area contributed by atoms with E-state index in [9.17, 15) is 4.79 Å². The average molecular weight is 452 g/mol. The molecule has 0 aliphatic heterocycles. The summed E-state index contributed by atoms with van der Waals surface area (Å²) in [5.74, 6) is 1.48. The first-order chi connectivity index (χ1) is 11.2. The lowest BCUT2D eigenvalue weighted by atomic mass is 10.1. The maximum atomic E-state index is 11.0. The molecule has 0 aliphatic rings. The summed E-state index contributed by atoms with van der Waals surface area (Å²) < 4.78 is 6.33. The Kier molecular flexibility index (Phi) is 13.2. The molecule has 0 bridgehead atoms. The fourth-order valence-electron chi connectivity index (χ4n) is 2.01. The fourth-order valence-corrected chi connectivity index (χ4v) is 2.01. The number of aliphatic imine (C=N–C) groups is 1. The van der Waals surface area contributed by atoms with Crippen LogP contribution in [0.5, 0.6) is 0 Å². The van der Waals surface area contributed by atoms with Gasteiger partial charge in [0.1, 0.15) is 18.7 Å². The molecule has 1 heterocycles. The molecule has 0 spiro atoms. The van der Waals surface area contributed by atoms with Crippen LogP contribution in [-0.2, 0) is 23.1 Å². The number of esters is 1. The van der Waals surface area contributed by atoms with Gasteiger partial charge in [-0.1, -0.05) is 12.8 Å². The maximum Gasteiger partial charge on any atom is 0.305 e. The van der Waals surface area contributed by atoms with Crippen molar-refractivity contribution in [2.45, 2.75) is 45.6 Å². The van der Waals surface area contributed by atoms with Crippen LogP contribution < -0.4 is 10.6 Å². The Hall–Kier alpha value is -1.39. The van der Waals surface area contributed by atoms with Crippen molar-refractivity contribution < 1.29 is 9.53 Å². The summed E-state index contributed by atoms with van der Waals surface area (Å²) in [7, 11) is 3.28. The van der Waals surface area contributed by atoms with Crippen molar-refractivity contribution >= 4 is 35.9 Å². The molecule has 1 aromatic rings. The van der Waals surface area contributed by atoms with Gasteiger partial charge >= 0.3 is 5.97 Å². The van der Waals surface area contributed by atoms with E-state index >= 15 is 0 Å². The van der Waals surface area contributed by atoms with Gasteiger partial charge in [0.25, 0.3) is 0 Å². The van der Waals surface area contributed by atoms with Crippen molar-refractivity contribution in [2.24, 2.45) is 12.0 Å². The Morgan fingerprint density at radius 3 is 2.67 bits per heavy atom. The Morgan fingerprint density at radius 1 is 1.29 bits per heavy atom. The molecule has 0 atom stereocenters. The van der Waals surface area contributed by atoms with Gasteiger partial charge in [0.2, 0.25) is 0 Å². The molecule has 8 nitrogen and oxygen atoms in total. The molecular weight excluding hydrogens is 423 g/mol. The highest BCUT2D eigenvalue weighted by molar-refractivity contribution is 14.0. The predicted molar refractivity (Wildman–Crippen MR) is 104 cm³/mol. The molecule has 0 saturated heterocycles. The first-order valence-electron chi connectivity index (χ1n) is 8.09. The molecule has 138 valence electrons. The van der Waals surface area contributed by atoms with Crippen molar-refractivity contribution in [3.8, 4) is 0 Å². The largest absolute Gasteiger partial charge is 0.469 e. The minimum Gasteiger partial charge on any atom is -0.469 e. The average Bonchev–Trinajstić information content (AvgIpc) is 2.96. The smallest absolute Gasteiger partial charge is 0.305 e. The highest BCUT2D eigenvalue weighted by atomic mass is 127. The zero-order chi connectivity index (χ0) is 16.9. The number of ether oxygens (including phenoxy) is 1. The van der Waals surface area contributed by atoms with Gasteiger partial charge in [0, 0.05) is 26.6 Å². The third kappa shape index (κ3) is 9.68. The van der Waals surface area contributed by atoms with E-state index in [1.165, 1.54) is 13.4 Å². The lowest BCUT2D eigenvalue weighted by Crippen LogP contribution is -2.37. The molecule has 9 heteroatoms. The number of hydrogen-bond donors (Lipinski definition) is 2. The van der Waals surface area contributed by atoms with Gasteiger partial charge in [0.05, 0.1) is 7.11 Å². The number of aromatic nitrogens is 3. The minimum absolute atomic E-state index is 0. The van der Waals surface area contributed by atoms with Crippen LogP contribution in [0.4, 0.5) is 0 Å². The van der Waals surface area contributed by atoms with Crippen molar-refractivity contribution in [1.29, 1.82) is 0 Å². The van der Waals surface area contributed by atoms with Crippen LogP contribution in [0.1, 0.15) is 44.9 Å². The van der Waals surface area contributed by atoms with Crippen LogP contribution in [-0.4, -0.2) is 46.9 Å². The molecular formula is C15H29IN6O2. The van der Waals surface area contributed by atoms with E-state index in [4.69, 9.17) is 0 Å². The van der Waals surface area contributed by atoms with Crippen molar-refractivity contribution in [3.05, 3.63) is 12.2 Å². The Bertz CT molecular complexity index is 492. The topological polar surface area (TPSA) is 93.4 Å². The Morgan fingerprint density at radius 2 is 2.04 bits per heavy atom. The first kappa shape index (κ1) is 22.6. The predicted octanol–water partition coefficient (Wildman–Crippen LogP) is 1.61. The molecule has 0 radical (unpaired) electrons. The van der Waals surface area contributed by atoms with Crippen LogP contribution in [0.15, 0.2) is 11.3 Å². The SMILES string of the molecule is CCNC(=NCc1ncnn1C)NCCCCCCC(=O)OC.I. The number of methoxy groups -OCH3 is 1. The third-order valence-electron chi connectivity index (χ3n) is 3.36. The number of nitrogens with zero attached hydrogens (tertiary/aromatic N) is 4. The van der Waals surface area contributed by atoms with E-state index in [1.54, 1.807) is 4.68 Å². The molecule has 0 aliphatic carbocycles. The highest BCUT2D eigenvalue weighted by Crippen LogP contribution is 2.03. The zero-order valence-electron chi connectivity index (χ0n) is 14.7. The summed E-state index contributed by atoms with van der Waals surface area (Å²) in [6.07, 6.45) is 6.06. The van der Waals surface area contributed by atoms with E-state index in [0.717, 1.165) is 50.6 Å². The monoisotopic (exact) mass is 452 g/mol. The summed E-state index contributed by atoms with van der Waals surface area (Å²) in [5, 5.41) is 10.5. The van der Waals surface area contributed by atoms with E-state index in [0.29, 0.717) is 13.0 Å². The van der Waals surface area contributed by atoms with Crippen LogP contribution in [0.3, 0.4) is 0 Å². The van der Waals surface area contributed by atoms with Crippen LogP contribution >= 0.6 is 24.0 Å². The fraction of sp³-hybridized carbons (Fsp3) is 0.733. The number of rotatable bonds is 10. The van der Waals surface area contributed by atoms with Crippen LogP contribution in [0, 0.1) is 0 Å². The van der Waals surface area contributed by atoms with Crippen LogP contribution in [0.25, 0.3) is 0 Å². The van der Waals surface area contributed by atoms with E-state index < -0.39 is 0 Å². The second kappa shape index (κ2) is 14.0. The highest BCUT2D eigenvalue weighted by Gasteiger charge is 2.02. The molecule has 0 aromatic carbocycles. The number of halogens is 1. The van der Waals surface area contributed by atoms with Crippen molar-refractivity contribution in [3.63, 3.8) is 0 Å². The second-order valence-electron chi connectivity index (χ2n) is 5.16. The second-order valence-corrected chi connectivity index (χ2v) is 5.16. The summed E-state index contributed by atoms with van der Waals surface area (Å²) >= 11 is 0. The summed E-state index contributed by atoms with van der Waals surface area (Å²) in [4.78, 5) is 19.6. The first-order valence-corrected chi connectivity index (χ1v) is 8.09. The molecule has 0 unspecified atom stereocenters. The number of hydrogen-bond acceptors (Lipinski definition) is 5. The normalized spacial score (nSPS) is 10.9. The number of guanidine groups is 1. The van der Waals surface area contributed by atoms with Gasteiger partial charge in [-0.3, -0.25) is 9.48 Å². The van der Waals surface area contributed by atoms with Crippen LogP contribution in [0.2, 0.25) is 0 Å². The number of unbranched alkanes of at least 4 members (excludes halogenated alkanes) is 3. The van der Waals surface area contributed by atoms with Gasteiger partial charge in [-0.25, -0.2) is 9.98 Å². The molecule has 0 saturated carbocycles. The van der Waals surface area contributed by atoms with E-state index in [-0.39, 0.29) is 29.9 Å². The van der Waals surface area contributed by atoms with Gasteiger partial charge in [-0.05, 0) is 19.8 Å². The lowest BCUT2D eigenvalue weighted by Gasteiger charge is -2.11. The number of carbonyl (C=O) groups excluding carboxylic acids is 1. The number of nitrogens with one attached hydrogen (secondary N) is 2. The summed E-state index contributed by atoms with van der Waals surface area (Å²) in [6, 6.07) is 0. The lowest BCUT2D eigenvalue weighted by molar-refractivity contribution is -0.140. The third-order valence-corrected chi connectivity index (χ3v) is 3.36. The maximum absolute atomic E-state index is 11.0. The summed E-state index contributed by atoms with van der Waals surface area (Å²) in [5.41, 5.74) is 0. The molecule has 0 fully saturated rings. The standard InChI is InChI=1S/C15H28N6O2.HI/c1-4-16-15(18-11-13-19-12-20-21(13)2)17-10-8-6-5-7-9-14(22)23-3;/h12H,4-11H2,1-3H3,(H2,16,17,18);1H. The molecule has 24 heavy (non-hydrogen) atoms. The van der Waals surface area contributed by atoms with E-state index in [2.05, 4.69) is 30.4 Å². The summed E-state index contributed by atoms with van der Waals surface area (Å²) in [6.45, 7) is 4.18. The molecule has 0 amide bonds. The van der Waals surface area contributed by atoms with E-state index in [1.807, 2.05) is 14.0 Å². The molecule has 2 N–H and O–H groups in total. The minimum atomic E-state index is -0.131. The Balaban J connectivity index is 0.00000529. The van der Waals surface area contributed by atoms with Crippen molar-refractivity contribution in [1.82, 2.24) is 25.4 Å². The zero-order valence-corrected chi connectivity index (χ0v) is 17.1. The van der Waals surface area contributed by atoms with Crippen molar-refractivity contribution in [2.75, 3.05) is 20.2 Å². The molecule has 1 rings (SSSR count). The van der Waals surface area contributed by atoms with Gasteiger partial charge in [-0.15, -0.1) is 24.0 Å². The molecule has 1 aromatic heterocycles.